The second kappa shape index (κ2) is 7.62. The number of nitrogens with one attached hydrogen (secondary N) is 2. The number of benzene rings is 2. The lowest BCUT2D eigenvalue weighted by Gasteiger charge is -2.23. The Hall–Kier alpha value is -2.68. The number of fused-ring (bicyclic) bond motifs is 3. The molecule has 1 aliphatic heterocycles. The standard InChI is InChI=1S/C24H23N3OS/c25-14-20(27-24(28)23-17-6-8-19(11-17)26-23)13-21-12-18-10-16(7-9-22(18)29-21)15-4-2-1-3-5-15/h1-5,7,9-10,12,17,19-20,23,26H,6,8,11,13H2,(H,27,28)/t17-,19+,20?,23-/m0/s1. The molecule has 1 aromatic heterocycles. The lowest BCUT2D eigenvalue weighted by atomic mass is 9.99. The highest BCUT2D eigenvalue weighted by Gasteiger charge is 2.43. The van der Waals surface area contributed by atoms with Gasteiger partial charge >= 0.3 is 0 Å². The fourth-order valence-electron chi connectivity index (χ4n) is 4.75. The molecular weight excluding hydrogens is 378 g/mol. The van der Waals surface area contributed by atoms with Gasteiger partial charge in [-0.15, -0.1) is 11.3 Å². The maximum absolute atomic E-state index is 12.6. The third kappa shape index (κ3) is 3.66. The highest BCUT2D eigenvalue weighted by Crippen LogP contribution is 2.35. The largest absolute Gasteiger partial charge is 0.339 e. The van der Waals surface area contributed by atoms with E-state index < -0.39 is 6.04 Å². The van der Waals surface area contributed by atoms with Gasteiger partial charge in [-0.2, -0.15) is 5.26 Å². The number of rotatable bonds is 5. The van der Waals surface area contributed by atoms with Crippen molar-refractivity contribution >= 4 is 27.3 Å². The molecule has 1 amide bonds. The van der Waals surface area contributed by atoms with E-state index in [1.165, 1.54) is 27.6 Å². The molecule has 1 unspecified atom stereocenters. The minimum atomic E-state index is -0.495. The molecule has 2 N–H and O–H groups in total. The van der Waals surface area contributed by atoms with Crippen molar-refractivity contribution in [1.82, 2.24) is 10.6 Å². The molecule has 1 saturated heterocycles. The average molecular weight is 402 g/mol. The lowest BCUT2D eigenvalue weighted by Crippen LogP contribution is -2.50. The zero-order valence-corrected chi connectivity index (χ0v) is 16.9. The molecule has 2 aliphatic rings. The number of piperidine rings is 1. The molecule has 1 saturated carbocycles. The number of nitriles is 1. The Labute approximate surface area is 174 Å². The topological polar surface area (TPSA) is 64.9 Å². The maximum atomic E-state index is 12.6. The quantitative estimate of drug-likeness (QED) is 0.671. The number of thiophene rings is 1. The van der Waals surface area contributed by atoms with Gasteiger partial charge < -0.3 is 10.6 Å². The van der Waals surface area contributed by atoms with Crippen molar-refractivity contribution in [2.45, 2.75) is 43.8 Å². The second-order valence-corrected chi connectivity index (χ2v) is 9.31. The third-order valence-corrected chi connectivity index (χ3v) is 7.33. The molecule has 5 rings (SSSR count). The predicted octanol–water partition coefficient (Wildman–Crippen LogP) is 4.26. The van der Waals surface area contributed by atoms with Crippen LogP contribution < -0.4 is 10.6 Å². The van der Waals surface area contributed by atoms with E-state index in [0.29, 0.717) is 18.4 Å². The third-order valence-electron chi connectivity index (χ3n) is 6.19. The minimum absolute atomic E-state index is 0.0174. The summed E-state index contributed by atoms with van der Waals surface area (Å²) >= 11 is 1.70. The van der Waals surface area contributed by atoms with Gasteiger partial charge in [0.25, 0.3) is 0 Å². The van der Waals surface area contributed by atoms with Gasteiger partial charge in [0.15, 0.2) is 0 Å². The highest BCUT2D eigenvalue weighted by atomic mass is 32.1. The Morgan fingerprint density at radius 1 is 1.17 bits per heavy atom. The van der Waals surface area contributed by atoms with E-state index in [1.807, 2.05) is 18.2 Å². The molecule has 5 heteroatoms. The molecule has 0 radical (unpaired) electrons. The summed E-state index contributed by atoms with van der Waals surface area (Å²) in [6, 6.07) is 21.1. The molecule has 29 heavy (non-hydrogen) atoms. The molecular formula is C24H23N3OS. The van der Waals surface area contributed by atoms with Crippen LogP contribution >= 0.6 is 11.3 Å². The molecule has 2 fully saturated rings. The van der Waals surface area contributed by atoms with E-state index in [9.17, 15) is 10.1 Å². The van der Waals surface area contributed by atoms with Crippen LogP contribution in [0.3, 0.4) is 0 Å². The lowest BCUT2D eigenvalue weighted by molar-refractivity contribution is -0.124. The summed E-state index contributed by atoms with van der Waals surface area (Å²) in [5, 5.41) is 17.2. The Morgan fingerprint density at radius 2 is 2.03 bits per heavy atom. The van der Waals surface area contributed by atoms with E-state index in [0.717, 1.165) is 17.7 Å². The first-order valence-electron chi connectivity index (χ1n) is 10.2. The fraction of sp³-hybridized carbons (Fsp3) is 0.333. The number of amides is 1. The molecule has 3 aromatic rings. The van der Waals surface area contributed by atoms with Crippen molar-refractivity contribution in [2.75, 3.05) is 0 Å². The first-order chi connectivity index (χ1) is 14.2. The van der Waals surface area contributed by atoms with E-state index in [-0.39, 0.29) is 11.9 Å². The number of nitrogens with zero attached hydrogens (tertiary/aromatic N) is 1. The van der Waals surface area contributed by atoms with Crippen molar-refractivity contribution in [3.63, 3.8) is 0 Å². The van der Waals surface area contributed by atoms with Gasteiger partial charge in [-0.1, -0.05) is 36.4 Å². The molecule has 146 valence electrons. The molecule has 1 aliphatic carbocycles. The van der Waals surface area contributed by atoms with Gasteiger partial charge in [0, 0.05) is 22.0 Å². The minimum Gasteiger partial charge on any atom is -0.339 e. The molecule has 4 atom stereocenters. The SMILES string of the molecule is N#CC(Cc1cc2cc(-c3ccccc3)ccc2s1)NC(=O)[C@H]1N[C@@H]2CC[C@H]1C2. The van der Waals surface area contributed by atoms with Gasteiger partial charge in [-0.3, -0.25) is 4.79 Å². The predicted molar refractivity (Wildman–Crippen MR) is 117 cm³/mol. The first kappa shape index (κ1) is 18.4. The monoisotopic (exact) mass is 401 g/mol. The molecule has 4 nitrogen and oxygen atoms in total. The van der Waals surface area contributed by atoms with Gasteiger partial charge in [0.2, 0.25) is 5.91 Å². The van der Waals surface area contributed by atoms with E-state index in [4.69, 9.17) is 0 Å². The Kier molecular flexibility index (Phi) is 4.83. The number of carbonyl (C=O) groups excluding carboxylic acids is 1. The summed E-state index contributed by atoms with van der Waals surface area (Å²) in [4.78, 5) is 13.8. The zero-order chi connectivity index (χ0) is 19.8. The van der Waals surface area contributed by atoms with E-state index in [1.54, 1.807) is 11.3 Å². The first-order valence-corrected chi connectivity index (χ1v) is 11.1. The van der Waals surface area contributed by atoms with Gasteiger partial charge in [0.1, 0.15) is 6.04 Å². The van der Waals surface area contributed by atoms with E-state index in [2.05, 4.69) is 53.1 Å². The van der Waals surface area contributed by atoms with Crippen LogP contribution in [0.2, 0.25) is 0 Å². The number of hydrogen-bond donors (Lipinski definition) is 2. The fourth-order valence-corrected chi connectivity index (χ4v) is 5.84. The van der Waals surface area contributed by atoms with Crippen molar-refractivity contribution < 1.29 is 4.79 Å². The average Bonchev–Trinajstić information content (AvgIpc) is 3.48. The van der Waals surface area contributed by atoms with Crippen LogP contribution in [-0.2, 0) is 11.2 Å². The summed E-state index contributed by atoms with van der Waals surface area (Å²) in [5.41, 5.74) is 2.39. The van der Waals surface area contributed by atoms with Crippen LogP contribution in [0.1, 0.15) is 24.1 Å². The van der Waals surface area contributed by atoms with E-state index >= 15 is 0 Å². The van der Waals surface area contributed by atoms with Gasteiger partial charge in [-0.05, 0) is 59.9 Å². The summed E-state index contributed by atoms with van der Waals surface area (Å²) in [7, 11) is 0. The number of hydrogen-bond acceptors (Lipinski definition) is 4. The number of carbonyl (C=O) groups is 1. The van der Waals surface area contributed by atoms with Crippen LogP contribution in [0.25, 0.3) is 21.2 Å². The Bertz CT molecular complexity index is 1080. The van der Waals surface area contributed by atoms with Crippen LogP contribution in [-0.4, -0.2) is 24.0 Å². The highest BCUT2D eigenvalue weighted by molar-refractivity contribution is 7.19. The summed E-state index contributed by atoms with van der Waals surface area (Å²) in [6.07, 6.45) is 3.92. The molecule has 2 aromatic carbocycles. The molecule has 2 heterocycles. The van der Waals surface area contributed by atoms with Gasteiger partial charge in [-0.25, -0.2) is 0 Å². The normalized spacial score (nSPS) is 23.8. The van der Waals surface area contributed by atoms with Crippen molar-refractivity contribution in [3.05, 3.63) is 59.5 Å². The van der Waals surface area contributed by atoms with Crippen LogP contribution in [0.15, 0.2) is 54.6 Å². The van der Waals surface area contributed by atoms with Crippen LogP contribution in [0.4, 0.5) is 0 Å². The second-order valence-electron chi connectivity index (χ2n) is 8.14. The Balaban J connectivity index is 1.30. The summed E-state index contributed by atoms with van der Waals surface area (Å²) < 4.78 is 1.21. The van der Waals surface area contributed by atoms with Crippen LogP contribution in [0.5, 0.6) is 0 Å². The van der Waals surface area contributed by atoms with Crippen molar-refractivity contribution in [2.24, 2.45) is 5.92 Å². The van der Waals surface area contributed by atoms with Crippen LogP contribution in [0, 0.1) is 17.2 Å². The van der Waals surface area contributed by atoms with Crippen molar-refractivity contribution in [3.8, 4) is 17.2 Å². The van der Waals surface area contributed by atoms with Gasteiger partial charge in [0.05, 0.1) is 12.1 Å². The molecule has 2 bridgehead atoms. The van der Waals surface area contributed by atoms with Crippen molar-refractivity contribution in [1.29, 1.82) is 5.26 Å². The maximum Gasteiger partial charge on any atom is 0.238 e. The summed E-state index contributed by atoms with van der Waals surface area (Å²) in [5.74, 6) is 0.413. The Morgan fingerprint density at radius 3 is 2.76 bits per heavy atom. The molecule has 0 spiro atoms. The zero-order valence-electron chi connectivity index (χ0n) is 16.1. The smallest absolute Gasteiger partial charge is 0.238 e. The summed E-state index contributed by atoms with van der Waals surface area (Å²) in [6.45, 7) is 0.